The van der Waals surface area contributed by atoms with Crippen molar-refractivity contribution in [3.05, 3.63) is 34.9 Å². The predicted octanol–water partition coefficient (Wildman–Crippen LogP) is 2.57. The number of thioether (sulfide) groups is 1. The van der Waals surface area contributed by atoms with E-state index in [1.807, 2.05) is 11.8 Å². The number of likely N-dealkylation sites (N-methyl/N-ethyl adjacent to an activating group) is 1. The number of hydrogen-bond acceptors (Lipinski definition) is 3. The summed E-state index contributed by atoms with van der Waals surface area (Å²) in [4.78, 5) is 3.25. The highest BCUT2D eigenvalue weighted by atomic mass is 32.2. The van der Waals surface area contributed by atoms with Crippen LogP contribution in [0.5, 0.6) is 0 Å². The average Bonchev–Trinajstić information content (AvgIpc) is 2.75. The molecule has 1 fully saturated rings. The zero-order chi connectivity index (χ0) is 13.1. The molecule has 98 valence electrons. The quantitative estimate of drug-likeness (QED) is 0.856. The lowest BCUT2D eigenvalue weighted by Crippen LogP contribution is -2.36. The van der Waals surface area contributed by atoms with Crippen LogP contribution in [0, 0.1) is 13.8 Å². The lowest BCUT2D eigenvalue weighted by molar-refractivity contribution is 0.351. The van der Waals surface area contributed by atoms with Gasteiger partial charge >= 0.3 is 0 Å². The second kappa shape index (κ2) is 6.04. The molecule has 2 nitrogen and oxygen atoms in total. The molecule has 0 amide bonds. The first-order valence-electron chi connectivity index (χ1n) is 6.26. The molecule has 1 aliphatic heterocycles. The van der Waals surface area contributed by atoms with Crippen molar-refractivity contribution in [2.24, 2.45) is 0 Å². The van der Waals surface area contributed by atoms with Crippen molar-refractivity contribution in [2.75, 3.05) is 25.9 Å². The van der Waals surface area contributed by atoms with Gasteiger partial charge < -0.3 is 5.32 Å². The van der Waals surface area contributed by atoms with Gasteiger partial charge in [0.2, 0.25) is 0 Å². The highest BCUT2D eigenvalue weighted by Gasteiger charge is 2.21. The fourth-order valence-electron chi connectivity index (χ4n) is 2.09. The Hall–Kier alpha value is -0.580. The van der Waals surface area contributed by atoms with E-state index < -0.39 is 0 Å². The summed E-state index contributed by atoms with van der Waals surface area (Å²) in [6.07, 6.45) is 0. The summed E-state index contributed by atoms with van der Waals surface area (Å²) in [5.74, 6) is 1.22. The van der Waals surface area contributed by atoms with Crippen molar-refractivity contribution in [1.29, 1.82) is 0 Å². The van der Waals surface area contributed by atoms with Crippen molar-refractivity contribution in [3.8, 4) is 0 Å². The van der Waals surface area contributed by atoms with Crippen LogP contribution in [0.4, 0.5) is 0 Å². The molecule has 1 aliphatic rings. The fourth-order valence-corrected chi connectivity index (χ4v) is 3.62. The topological polar surface area (TPSA) is 15.3 Å². The van der Waals surface area contributed by atoms with E-state index >= 15 is 0 Å². The maximum Gasteiger partial charge on any atom is 0.106 e. The third-order valence-electron chi connectivity index (χ3n) is 3.53. The van der Waals surface area contributed by atoms with E-state index in [4.69, 9.17) is 12.2 Å². The molecule has 0 aliphatic carbocycles. The van der Waals surface area contributed by atoms with Gasteiger partial charge in [-0.05, 0) is 32.0 Å². The van der Waals surface area contributed by atoms with Gasteiger partial charge in [-0.25, -0.2) is 0 Å². The molecule has 0 aromatic heterocycles. The first-order chi connectivity index (χ1) is 8.59. The summed E-state index contributed by atoms with van der Waals surface area (Å²) in [6.45, 7) is 6.36. The summed E-state index contributed by atoms with van der Waals surface area (Å²) < 4.78 is 0. The Balaban J connectivity index is 1.97. The van der Waals surface area contributed by atoms with E-state index in [0.29, 0.717) is 5.37 Å². The Kier molecular flexibility index (Phi) is 4.65. The summed E-state index contributed by atoms with van der Waals surface area (Å²) in [7, 11) is 2.17. The van der Waals surface area contributed by atoms with Crippen LogP contribution in [0.15, 0.2) is 18.2 Å². The number of rotatable bonds is 3. The van der Waals surface area contributed by atoms with Crippen LogP contribution in [0.25, 0.3) is 0 Å². The van der Waals surface area contributed by atoms with Crippen molar-refractivity contribution < 1.29 is 0 Å². The Morgan fingerprint density at radius 1 is 1.50 bits per heavy atom. The predicted molar refractivity (Wildman–Crippen MR) is 84.5 cm³/mol. The first kappa shape index (κ1) is 13.8. The van der Waals surface area contributed by atoms with E-state index in [-0.39, 0.29) is 0 Å². The van der Waals surface area contributed by atoms with Gasteiger partial charge in [0.1, 0.15) is 4.99 Å². The zero-order valence-electron chi connectivity index (χ0n) is 11.2. The van der Waals surface area contributed by atoms with E-state index in [1.54, 1.807) is 0 Å². The standard InChI is InChI=1S/C14H20N2S2/c1-10-5-4-6-12(11(10)2)14(17)15-9-13-16(3)7-8-18-13/h4-6,13H,7-9H2,1-3H3,(H,15,17). The number of benzene rings is 1. The summed E-state index contributed by atoms with van der Waals surface area (Å²) in [5, 5.41) is 3.96. The maximum absolute atomic E-state index is 5.50. The molecule has 1 aromatic carbocycles. The molecule has 0 saturated carbocycles. The van der Waals surface area contributed by atoms with Gasteiger partial charge in [0.15, 0.2) is 0 Å². The molecule has 1 atom stereocenters. The molecule has 1 heterocycles. The summed E-state index contributed by atoms with van der Waals surface area (Å²) in [6, 6.07) is 6.30. The lowest BCUT2D eigenvalue weighted by atomic mass is 10.0. The smallest absolute Gasteiger partial charge is 0.106 e. The molecule has 1 unspecified atom stereocenters. The second-order valence-corrected chi connectivity index (χ2v) is 6.46. The first-order valence-corrected chi connectivity index (χ1v) is 7.71. The molecule has 2 rings (SSSR count). The Morgan fingerprint density at radius 2 is 2.28 bits per heavy atom. The summed E-state index contributed by atoms with van der Waals surface area (Å²) >= 11 is 7.50. The minimum Gasteiger partial charge on any atom is -0.373 e. The SMILES string of the molecule is Cc1cccc(C(=S)NCC2SCCN2C)c1C. The second-order valence-electron chi connectivity index (χ2n) is 4.76. The van der Waals surface area contributed by atoms with Crippen LogP contribution in [0.1, 0.15) is 16.7 Å². The van der Waals surface area contributed by atoms with Crippen molar-refractivity contribution in [3.63, 3.8) is 0 Å². The zero-order valence-corrected chi connectivity index (χ0v) is 12.8. The van der Waals surface area contributed by atoms with Crippen molar-refractivity contribution >= 4 is 29.0 Å². The Labute approximate surface area is 119 Å². The molecule has 18 heavy (non-hydrogen) atoms. The number of aryl methyl sites for hydroxylation is 1. The normalized spacial score (nSPS) is 20.1. The van der Waals surface area contributed by atoms with Crippen LogP contribution in [0.3, 0.4) is 0 Å². The Bertz CT molecular complexity index is 445. The molecule has 1 aromatic rings. The number of nitrogens with one attached hydrogen (secondary N) is 1. The van der Waals surface area contributed by atoms with Gasteiger partial charge in [0.05, 0.1) is 5.37 Å². The maximum atomic E-state index is 5.50. The molecule has 4 heteroatoms. The van der Waals surface area contributed by atoms with Gasteiger partial charge in [0, 0.05) is 24.4 Å². The van der Waals surface area contributed by atoms with Crippen molar-refractivity contribution in [2.45, 2.75) is 19.2 Å². The van der Waals surface area contributed by atoms with Crippen LogP contribution < -0.4 is 5.32 Å². The summed E-state index contributed by atoms with van der Waals surface area (Å²) in [5.41, 5.74) is 3.74. The van der Waals surface area contributed by atoms with Crippen LogP contribution >= 0.6 is 24.0 Å². The minimum absolute atomic E-state index is 0.549. The fraction of sp³-hybridized carbons (Fsp3) is 0.500. The molecule has 0 bridgehead atoms. The number of hydrogen-bond donors (Lipinski definition) is 1. The third-order valence-corrected chi connectivity index (χ3v) is 5.23. The average molecular weight is 280 g/mol. The van der Waals surface area contributed by atoms with Crippen molar-refractivity contribution in [1.82, 2.24) is 10.2 Å². The van der Waals surface area contributed by atoms with Gasteiger partial charge in [-0.2, -0.15) is 0 Å². The van der Waals surface area contributed by atoms with Gasteiger partial charge in [-0.3, -0.25) is 4.90 Å². The highest BCUT2D eigenvalue weighted by molar-refractivity contribution is 8.00. The van der Waals surface area contributed by atoms with E-state index in [9.17, 15) is 0 Å². The molecule has 0 spiro atoms. The highest BCUT2D eigenvalue weighted by Crippen LogP contribution is 2.21. The molecule has 1 saturated heterocycles. The molecule has 0 radical (unpaired) electrons. The largest absolute Gasteiger partial charge is 0.373 e. The molecular weight excluding hydrogens is 260 g/mol. The molecular formula is C14H20N2S2. The van der Waals surface area contributed by atoms with Crippen LogP contribution in [-0.2, 0) is 0 Å². The third kappa shape index (κ3) is 3.05. The molecule has 1 N–H and O–H groups in total. The number of nitrogens with zero attached hydrogens (tertiary/aromatic N) is 1. The minimum atomic E-state index is 0.549. The van der Waals surface area contributed by atoms with Gasteiger partial charge in [0.25, 0.3) is 0 Å². The van der Waals surface area contributed by atoms with E-state index in [1.165, 1.54) is 23.4 Å². The van der Waals surface area contributed by atoms with E-state index in [2.05, 4.69) is 49.3 Å². The van der Waals surface area contributed by atoms with Gasteiger partial charge in [-0.1, -0.05) is 30.4 Å². The van der Waals surface area contributed by atoms with Gasteiger partial charge in [-0.15, -0.1) is 11.8 Å². The van der Waals surface area contributed by atoms with Crippen LogP contribution in [0.2, 0.25) is 0 Å². The Morgan fingerprint density at radius 3 is 2.94 bits per heavy atom. The monoisotopic (exact) mass is 280 g/mol. The van der Waals surface area contributed by atoms with E-state index in [0.717, 1.165) is 17.1 Å². The van der Waals surface area contributed by atoms with Crippen LogP contribution in [-0.4, -0.2) is 41.2 Å². The lowest BCUT2D eigenvalue weighted by Gasteiger charge is -2.20. The number of thiocarbonyl (C=S) groups is 1.